The molecule has 2 aromatic carbocycles. The summed E-state index contributed by atoms with van der Waals surface area (Å²) in [6.45, 7) is 2.72. The highest BCUT2D eigenvalue weighted by Crippen LogP contribution is 2.28. The lowest BCUT2D eigenvalue weighted by molar-refractivity contribution is -0.385. The molecule has 0 spiro atoms. The maximum absolute atomic E-state index is 11.2. The van der Waals surface area contributed by atoms with Gasteiger partial charge >= 0.3 is 0 Å². The van der Waals surface area contributed by atoms with Crippen LogP contribution in [0.2, 0.25) is 0 Å². The van der Waals surface area contributed by atoms with E-state index in [0.717, 1.165) is 11.1 Å². The SMILES string of the molecule is Cc1c(NCc2ccccc2Cn2cncn2)cc(C#N)cc1[N+](=O)[O-]. The summed E-state index contributed by atoms with van der Waals surface area (Å²) in [6.07, 6.45) is 3.13. The van der Waals surface area contributed by atoms with Gasteiger partial charge in [0.15, 0.2) is 0 Å². The predicted molar refractivity (Wildman–Crippen MR) is 95.4 cm³/mol. The fourth-order valence-electron chi connectivity index (χ4n) is 2.70. The molecule has 8 heteroatoms. The Morgan fingerprint density at radius 3 is 2.73 bits per heavy atom. The smallest absolute Gasteiger partial charge is 0.275 e. The number of aromatic nitrogens is 3. The average molecular weight is 348 g/mol. The first kappa shape index (κ1) is 17.1. The van der Waals surface area contributed by atoms with Gasteiger partial charge in [0.05, 0.1) is 23.1 Å². The lowest BCUT2D eigenvalue weighted by Crippen LogP contribution is -2.08. The van der Waals surface area contributed by atoms with Gasteiger partial charge in [0, 0.05) is 23.9 Å². The zero-order valence-electron chi connectivity index (χ0n) is 14.1. The molecule has 0 aliphatic rings. The second-order valence-corrected chi connectivity index (χ2v) is 5.75. The van der Waals surface area contributed by atoms with E-state index in [0.29, 0.717) is 24.3 Å². The van der Waals surface area contributed by atoms with Crippen molar-refractivity contribution >= 4 is 11.4 Å². The predicted octanol–water partition coefficient (Wildman–Crippen LogP) is 3.03. The number of benzene rings is 2. The molecular weight excluding hydrogens is 332 g/mol. The molecule has 1 heterocycles. The van der Waals surface area contributed by atoms with Gasteiger partial charge in [-0.2, -0.15) is 10.4 Å². The molecule has 0 fully saturated rings. The highest BCUT2D eigenvalue weighted by molar-refractivity contribution is 5.64. The van der Waals surface area contributed by atoms with Crippen LogP contribution in [-0.2, 0) is 13.1 Å². The summed E-state index contributed by atoms with van der Waals surface area (Å²) in [5, 5.41) is 27.6. The van der Waals surface area contributed by atoms with Crippen LogP contribution in [0.15, 0.2) is 49.1 Å². The van der Waals surface area contributed by atoms with Gasteiger partial charge in [-0.15, -0.1) is 0 Å². The maximum Gasteiger partial charge on any atom is 0.275 e. The van der Waals surface area contributed by atoms with E-state index in [9.17, 15) is 10.1 Å². The van der Waals surface area contributed by atoms with Crippen molar-refractivity contribution in [3.05, 3.63) is 81.4 Å². The molecule has 1 N–H and O–H groups in total. The number of hydrogen-bond donors (Lipinski definition) is 1. The molecule has 8 nitrogen and oxygen atoms in total. The van der Waals surface area contributed by atoms with Crippen molar-refractivity contribution in [3.63, 3.8) is 0 Å². The molecule has 3 rings (SSSR count). The summed E-state index contributed by atoms with van der Waals surface area (Å²) >= 11 is 0. The van der Waals surface area contributed by atoms with Crippen molar-refractivity contribution in [1.82, 2.24) is 14.8 Å². The molecule has 0 radical (unpaired) electrons. The third-order valence-corrected chi connectivity index (χ3v) is 4.09. The lowest BCUT2D eigenvalue weighted by Gasteiger charge is -2.13. The first-order chi connectivity index (χ1) is 12.6. The van der Waals surface area contributed by atoms with Crippen LogP contribution in [0, 0.1) is 28.4 Å². The Kier molecular flexibility index (Phi) is 4.90. The van der Waals surface area contributed by atoms with Gasteiger partial charge in [-0.05, 0) is 24.1 Å². The van der Waals surface area contributed by atoms with Gasteiger partial charge in [0.1, 0.15) is 12.7 Å². The van der Waals surface area contributed by atoms with Crippen LogP contribution >= 0.6 is 0 Å². The molecule has 0 atom stereocenters. The topological polar surface area (TPSA) is 110 Å². The van der Waals surface area contributed by atoms with Crippen LogP contribution in [-0.4, -0.2) is 19.7 Å². The minimum absolute atomic E-state index is 0.0672. The molecule has 0 aliphatic carbocycles. The van der Waals surface area contributed by atoms with E-state index < -0.39 is 4.92 Å². The number of nitro benzene ring substituents is 1. The summed E-state index contributed by atoms with van der Waals surface area (Å²) < 4.78 is 1.73. The van der Waals surface area contributed by atoms with Crippen molar-refractivity contribution in [2.45, 2.75) is 20.0 Å². The van der Waals surface area contributed by atoms with E-state index in [-0.39, 0.29) is 11.3 Å². The molecule has 0 saturated heterocycles. The number of nitrogens with zero attached hydrogens (tertiary/aromatic N) is 5. The highest BCUT2D eigenvalue weighted by Gasteiger charge is 2.16. The summed E-state index contributed by atoms with van der Waals surface area (Å²) in [7, 11) is 0. The van der Waals surface area contributed by atoms with E-state index in [2.05, 4.69) is 15.4 Å². The number of nitro groups is 1. The van der Waals surface area contributed by atoms with Gasteiger partial charge in [-0.25, -0.2) is 9.67 Å². The third kappa shape index (κ3) is 3.67. The Morgan fingerprint density at radius 1 is 1.31 bits per heavy atom. The monoisotopic (exact) mass is 348 g/mol. The van der Waals surface area contributed by atoms with E-state index >= 15 is 0 Å². The van der Waals surface area contributed by atoms with Gasteiger partial charge in [-0.1, -0.05) is 24.3 Å². The van der Waals surface area contributed by atoms with E-state index in [1.54, 1.807) is 24.0 Å². The van der Waals surface area contributed by atoms with Crippen molar-refractivity contribution < 1.29 is 4.92 Å². The molecule has 26 heavy (non-hydrogen) atoms. The van der Waals surface area contributed by atoms with Crippen molar-refractivity contribution in [2.75, 3.05) is 5.32 Å². The van der Waals surface area contributed by atoms with Gasteiger partial charge < -0.3 is 5.32 Å². The second kappa shape index (κ2) is 7.44. The molecule has 0 unspecified atom stereocenters. The normalized spacial score (nSPS) is 10.3. The molecule has 1 aromatic heterocycles. The zero-order valence-corrected chi connectivity index (χ0v) is 14.1. The van der Waals surface area contributed by atoms with Crippen LogP contribution in [0.5, 0.6) is 0 Å². The third-order valence-electron chi connectivity index (χ3n) is 4.09. The van der Waals surface area contributed by atoms with Crippen molar-refractivity contribution in [2.24, 2.45) is 0 Å². The van der Waals surface area contributed by atoms with Gasteiger partial charge in [0.25, 0.3) is 5.69 Å². The van der Waals surface area contributed by atoms with Crippen LogP contribution in [0.3, 0.4) is 0 Å². The highest BCUT2D eigenvalue weighted by atomic mass is 16.6. The van der Waals surface area contributed by atoms with Crippen molar-refractivity contribution in [3.8, 4) is 6.07 Å². The Balaban J connectivity index is 1.85. The number of anilines is 1. The van der Waals surface area contributed by atoms with Crippen LogP contribution < -0.4 is 5.32 Å². The Morgan fingerprint density at radius 2 is 2.08 bits per heavy atom. The van der Waals surface area contributed by atoms with Gasteiger partial charge in [0.2, 0.25) is 0 Å². The van der Waals surface area contributed by atoms with Gasteiger partial charge in [-0.3, -0.25) is 10.1 Å². The maximum atomic E-state index is 11.2. The molecule has 130 valence electrons. The quantitative estimate of drug-likeness (QED) is 0.541. The van der Waals surface area contributed by atoms with E-state index in [1.165, 1.54) is 12.4 Å². The van der Waals surface area contributed by atoms with Crippen LogP contribution in [0.4, 0.5) is 11.4 Å². The second-order valence-electron chi connectivity index (χ2n) is 5.75. The Labute approximate surface area is 149 Å². The van der Waals surface area contributed by atoms with E-state index in [4.69, 9.17) is 5.26 Å². The fraction of sp³-hybridized carbons (Fsp3) is 0.167. The molecule has 0 saturated carbocycles. The zero-order chi connectivity index (χ0) is 18.5. The minimum atomic E-state index is -0.472. The summed E-state index contributed by atoms with van der Waals surface area (Å²) in [4.78, 5) is 14.7. The number of nitriles is 1. The summed E-state index contributed by atoms with van der Waals surface area (Å²) in [6, 6.07) is 12.7. The summed E-state index contributed by atoms with van der Waals surface area (Å²) in [5.41, 5.74) is 3.36. The number of hydrogen-bond acceptors (Lipinski definition) is 6. The first-order valence-corrected chi connectivity index (χ1v) is 7.90. The first-order valence-electron chi connectivity index (χ1n) is 7.90. The fourth-order valence-corrected chi connectivity index (χ4v) is 2.70. The average Bonchev–Trinajstić information content (AvgIpc) is 3.14. The van der Waals surface area contributed by atoms with Crippen molar-refractivity contribution in [1.29, 1.82) is 5.26 Å². The number of rotatable bonds is 6. The van der Waals surface area contributed by atoms with Crippen LogP contribution in [0.25, 0.3) is 0 Å². The summed E-state index contributed by atoms with van der Waals surface area (Å²) in [5.74, 6) is 0. The molecule has 0 amide bonds. The van der Waals surface area contributed by atoms with Crippen LogP contribution in [0.1, 0.15) is 22.3 Å². The largest absolute Gasteiger partial charge is 0.380 e. The Hall–Kier alpha value is -3.73. The minimum Gasteiger partial charge on any atom is -0.380 e. The molecule has 0 aliphatic heterocycles. The number of nitrogens with one attached hydrogen (secondary N) is 1. The molecule has 0 bridgehead atoms. The molecule has 3 aromatic rings. The lowest BCUT2D eigenvalue weighted by atomic mass is 10.1. The van der Waals surface area contributed by atoms with E-state index in [1.807, 2.05) is 30.3 Å². The molecular formula is C18H16N6O2. The standard InChI is InChI=1S/C18H16N6O2/c1-13-17(6-14(8-19)7-18(13)24(25)26)21-9-15-4-2-3-5-16(15)10-23-12-20-11-22-23/h2-7,11-12,21H,9-10H2,1H3. The Bertz CT molecular complexity index is 976.